The summed E-state index contributed by atoms with van der Waals surface area (Å²) in [6.45, 7) is 5.43. The highest BCUT2D eigenvalue weighted by Crippen LogP contribution is 2.28. The molecule has 0 atom stereocenters. The number of benzene rings is 1. The molecular weight excluding hydrogens is 192 g/mol. The van der Waals surface area contributed by atoms with Gasteiger partial charge < -0.3 is 9.52 Å². The van der Waals surface area contributed by atoms with E-state index in [1.165, 1.54) is 0 Å². The first-order valence-electron chi connectivity index (χ1n) is 4.68. The minimum absolute atomic E-state index is 0.315. The number of aromatic hydroxyl groups is 1. The maximum Gasteiger partial charge on any atom is 0.247 e. The number of aryl methyl sites for hydroxylation is 3. The zero-order chi connectivity index (χ0) is 11.0. The third-order valence-electron chi connectivity index (χ3n) is 2.26. The van der Waals surface area contributed by atoms with Crippen LogP contribution < -0.4 is 0 Å². The zero-order valence-corrected chi connectivity index (χ0v) is 8.90. The molecule has 0 unspecified atom stereocenters. The summed E-state index contributed by atoms with van der Waals surface area (Å²) >= 11 is 0. The first kappa shape index (κ1) is 9.71. The normalized spacial score (nSPS) is 10.6. The fourth-order valence-corrected chi connectivity index (χ4v) is 1.49. The van der Waals surface area contributed by atoms with E-state index in [9.17, 15) is 5.11 Å². The fraction of sp³-hybridized carbons (Fsp3) is 0.273. The molecule has 1 heterocycles. The number of aromatic nitrogens is 2. The van der Waals surface area contributed by atoms with Crippen molar-refractivity contribution in [3.05, 3.63) is 29.2 Å². The van der Waals surface area contributed by atoms with Gasteiger partial charge in [0.15, 0.2) is 0 Å². The van der Waals surface area contributed by atoms with E-state index in [1.807, 2.05) is 26.0 Å². The molecular formula is C11H12N2O2. The van der Waals surface area contributed by atoms with Crippen molar-refractivity contribution in [2.75, 3.05) is 0 Å². The molecule has 0 spiro atoms. The van der Waals surface area contributed by atoms with Gasteiger partial charge in [-0.2, -0.15) is 0 Å². The molecule has 0 bridgehead atoms. The average molecular weight is 204 g/mol. The van der Waals surface area contributed by atoms with Gasteiger partial charge in [-0.25, -0.2) is 0 Å². The van der Waals surface area contributed by atoms with Crippen LogP contribution in [0.2, 0.25) is 0 Å². The number of rotatable bonds is 1. The summed E-state index contributed by atoms with van der Waals surface area (Å²) in [4.78, 5) is 0. The molecule has 78 valence electrons. The molecule has 1 N–H and O–H groups in total. The maximum atomic E-state index is 9.62. The van der Waals surface area contributed by atoms with Crippen molar-refractivity contribution < 1.29 is 9.52 Å². The Kier molecular flexibility index (Phi) is 2.19. The van der Waals surface area contributed by atoms with Gasteiger partial charge in [-0.15, -0.1) is 10.2 Å². The van der Waals surface area contributed by atoms with Crippen molar-refractivity contribution in [1.29, 1.82) is 0 Å². The fourth-order valence-electron chi connectivity index (χ4n) is 1.49. The van der Waals surface area contributed by atoms with Gasteiger partial charge in [0.05, 0.1) is 0 Å². The summed E-state index contributed by atoms with van der Waals surface area (Å²) in [5.74, 6) is 1.34. The molecule has 2 aromatic rings. The third kappa shape index (κ3) is 1.70. The zero-order valence-electron chi connectivity index (χ0n) is 8.90. The van der Waals surface area contributed by atoms with Gasteiger partial charge in [0.2, 0.25) is 11.8 Å². The molecule has 0 aliphatic heterocycles. The van der Waals surface area contributed by atoms with Crippen molar-refractivity contribution in [3.8, 4) is 17.2 Å². The van der Waals surface area contributed by atoms with Crippen LogP contribution in [-0.4, -0.2) is 15.3 Å². The average Bonchev–Trinajstić information content (AvgIpc) is 2.60. The summed E-state index contributed by atoms with van der Waals surface area (Å²) < 4.78 is 5.32. The van der Waals surface area contributed by atoms with Gasteiger partial charge in [0.25, 0.3) is 0 Å². The van der Waals surface area contributed by atoms with Gasteiger partial charge in [-0.05, 0) is 37.1 Å². The summed E-state index contributed by atoms with van der Waals surface area (Å²) in [5.41, 5.74) is 2.45. The minimum Gasteiger partial charge on any atom is -0.507 e. The first-order chi connectivity index (χ1) is 7.08. The monoisotopic (exact) mass is 204 g/mol. The Morgan fingerprint density at radius 1 is 1.07 bits per heavy atom. The molecule has 4 heteroatoms. The highest BCUT2D eigenvalue weighted by atomic mass is 16.4. The Morgan fingerprint density at radius 3 is 2.13 bits per heavy atom. The van der Waals surface area contributed by atoms with Gasteiger partial charge in [-0.3, -0.25) is 0 Å². The molecule has 15 heavy (non-hydrogen) atoms. The second kappa shape index (κ2) is 3.38. The highest BCUT2D eigenvalue weighted by Gasteiger charge is 2.09. The third-order valence-corrected chi connectivity index (χ3v) is 2.26. The van der Waals surface area contributed by atoms with Crippen LogP contribution in [0.3, 0.4) is 0 Å². The summed E-state index contributed by atoms with van der Waals surface area (Å²) in [5, 5.41) is 17.3. The van der Waals surface area contributed by atoms with Crippen molar-refractivity contribution in [1.82, 2.24) is 10.2 Å². The molecule has 1 aromatic carbocycles. The van der Waals surface area contributed by atoms with E-state index in [4.69, 9.17) is 4.42 Å². The molecule has 0 radical (unpaired) electrons. The molecule has 0 saturated carbocycles. The lowest BCUT2D eigenvalue weighted by Crippen LogP contribution is -1.85. The van der Waals surface area contributed by atoms with E-state index in [1.54, 1.807) is 6.92 Å². The Labute approximate surface area is 87.6 Å². The predicted molar refractivity (Wildman–Crippen MR) is 55.6 cm³/mol. The van der Waals surface area contributed by atoms with Crippen LogP contribution >= 0.6 is 0 Å². The van der Waals surface area contributed by atoms with Crippen LogP contribution in [0.4, 0.5) is 0 Å². The van der Waals surface area contributed by atoms with Crippen LogP contribution in [0.5, 0.6) is 5.75 Å². The lowest BCUT2D eigenvalue weighted by molar-refractivity contribution is 0.467. The molecule has 2 rings (SSSR count). The van der Waals surface area contributed by atoms with Crippen molar-refractivity contribution in [3.63, 3.8) is 0 Å². The topological polar surface area (TPSA) is 59.2 Å². The number of hydrogen-bond acceptors (Lipinski definition) is 4. The second-order valence-corrected chi connectivity index (χ2v) is 3.58. The summed E-state index contributed by atoms with van der Waals surface area (Å²) in [6, 6.07) is 3.66. The van der Waals surface area contributed by atoms with Crippen molar-refractivity contribution in [2.24, 2.45) is 0 Å². The largest absolute Gasteiger partial charge is 0.507 e. The number of phenolic OH excluding ortho intramolecular Hbond substituents is 1. The van der Waals surface area contributed by atoms with Crippen LogP contribution in [0.15, 0.2) is 16.5 Å². The molecule has 0 aliphatic carbocycles. The summed E-state index contributed by atoms with van der Waals surface area (Å²) in [6.07, 6.45) is 0. The smallest absolute Gasteiger partial charge is 0.247 e. The Bertz CT molecular complexity index is 480. The number of phenols is 1. The Hall–Kier alpha value is -1.84. The molecule has 1 aromatic heterocycles. The maximum absolute atomic E-state index is 9.62. The molecule has 0 fully saturated rings. The van der Waals surface area contributed by atoms with E-state index in [0.29, 0.717) is 17.5 Å². The second-order valence-electron chi connectivity index (χ2n) is 3.58. The minimum atomic E-state index is 0.315. The lowest BCUT2D eigenvalue weighted by Gasteiger charge is -2.04. The van der Waals surface area contributed by atoms with Crippen molar-refractivity contribution >= 4 is 0 Å². The van der Waals surface area contributed by atoms with Gasteiger partial charge in [0.1, 0.15) is 5.75 Å². The lowest BCUT2D eigenvalue weighted by atomic mass is 10.1. The number of hydrogen-bond donors (Lipinski definition) is 1. The Balaban J connectivity index is 2.55. The van der Waals surface area contributed by atoms with Crippen molar-refractivity contribution in [2.45, 2.75) is 20.8 Å². The van der Waals surface area contributed by atoms with Gasteiger partial charge >= 0.3 is 0 Å². The van der Waals surface area contributed by atoms with E-state index in [0.717, 1.165) is 16.7 Å². The van der Waals surface area contributed by atoms with E-state index >= 15 is 0 Å². The van der Waals surface area contributed by atoms with Crippen LogP contribution in [-0.2, 0) is 0 Å². The Morgan fingerprint density at radius 2 is 1.67 bits per heavy atom. The molecule has 0 amide bonds. The van der Waals surface area contributed by atoms with Gasteiger partial charge in [0, 0.05) is 12.5 Å². The number of nitrogens with zero attached hydrogens (tertiary/aromatic N) is 2. The SMILES string of the molecule is Cc1nnc(-c2cc(C)c(O)c(C)c2)o1. The highest BCUT2D eigenvalue weighted by molar-refractivity contribution is 5.59. The quantitative estimate of drug-likeness (QED) is 0.774. The molecule has 4 nitrogen and oxygen atoms in total. The predicted octanol–water partition coefficient (Wildman–Crippen LogP) is 2.37. The molecule has 0 saturated heterocycles. The van der Waals surface area contributed by atoms with Gasteiger partial charge in [-0.1, -0.05) is 0 Å². The van der Waals surface area contributed by atoms with Crippen LogP contribution in [0.1, 0.15) is 17.0 Å². The van der Waals surface area contributed by atoms with Crippen LogP contribution in [0, 0.1) is 20.8 Å². The van der Waals surface area contributed by atoms with Crippen LogP contribution in [0.25, 0.3) is 11.5 Å². The molecule has 0 aliphatic rings. The summed E-state index contributed by atoms with van der Waals surface area (Å²) in [7, 11) is 0. The first-order valence-corrected chi connectivity index (χ1v) is 4.68. The van der Waals surface area contributed by atoms with E-state index < -0.39 is 0 Å². The standard InChI is InChI=1S/C11H12N2O2/c1-6-4-9(5-7(2)10(6)14)11-13-12-8(3)15-11/h4-5,14H,1-3H3. The van der Waals surface area contributed by atoms with E-state index in [-0.39, 0.29) is 0 Å². The van der Waals surface area contributed by atoms with E-state index in [2.05, 4.69) is 10.2 Å².